The molecular formula is C25H20ClN3O3S. The molecule has 3 aromatic carbocycles. The SMILES string of the molecule is O=C(Nc1ccc(Cl)c(-c2ccc3ccccc3n2)c1)c1ccc(N2CCCS2(=O)=O)cc1. The number of rotatable bonds is 4. The molecule has 166 valence electrons. The molecule has 1 N–H and O–H groups in total. The fourth-order valence-electron chi connectivity index (χ4n) is 3.93. The van der Waals surface area contributed by atoms with Gasteiger partial charge in [0.25, 0.3) is 5.91 Å². The van der Waals surface area contributed by atoms with E-state index in [-0.39, 0.29) is 11.7 Å². The van der Waals surface area contributed by atoms with Gasteiger partial charge in [0.05, 0.1) is 27.7 Å². The van der Waals surface area contributed by atoms with E-state index in [0.717, 1.165) is 16.5 Å². The fraction of sp³-hybridized carbons (Fsp3) is 0.120. The highest BCUT2D eigenvalue weighted by atomic mass is 35.5. The molecule has 0 unspecified atom stereocenters. The van der Waals surface area contributed by atoms with E-state index in [0.29, 0.717) is 40.6 Å². The van der Waals surface area contributed by atoms with Crippen molar-refractivity contribution in [2.45, 2.75) is 6.42 Å². The van der Waals surface area contributed by atoms with Crippen LogP contribution in [0.15, 0.2) is 78.9 Å². The van der Waals surface area contributed by atoms with Crippen molar-refractivity contribution in [3.05, 3.63) is 89.4 Å². The number of nitrogens with one attached hydrogen (secondary N) is 1. The number of hydrogen-bond donors (Lipinski definition) is 1. The van der Waals surface area contributed by atoms with Crippen molar-refractivity contribution in [3.8, 4) is 11.3 Å². The van der Waals surface area contributed by atoms with Crippen LogP contribution in [0.25, 0.3) is 22.2 Å². The fourth-order valence-corrected chi connectivity index (χ4v) is 5.71. The number of pyridine rings is 1. The largest absolute Gasteiger partial charge is 0.322 e. The number of amides is 1. The Kier molecular flexibility index (Phi) is 5.52. The quantitative estimate of drug-likeness (QED) is 0.430. The van der Waals surface area contributed by atoms with E-state index < -0.39 is 10.0 Å². The van der Waals surface area contributed by atoms with Gasteiger partial charge in [-0.3, -0.25) is 9.10 Å². The van der Waals surface area contributed by atoms with Crippen LogP contribution in [0.3, 0.4) is 0 Å². The molecule has 0 bridgehead atoms. The van der Waals surface area contributed by atoms with E-state index in [1.165, 1.54) is 4.31 Å². The van der Waals surface area contributed by atoms with Crippen molar-refractivity contribution >= 4 is 49.8 Å². The molecule has 0 radical (unpaired) electrons. The number of sulfonamides is 1. The molecule has 2 heterocycles. The number of carbonyl (C=O) groups excluding carboxylic acids is 1. The summed E-state index contributed by atoms with van der Waals surface area (Å²) in [5.74, 6) is -0.147. The Balaban J connectivity index is 1.37. The lowest BCUT2D eigenvalue weighted by atomic mass is 10.1. The lowest BCUT2D eigenvalue weighted by molar-refractivity contribution is 0.102. The number of fused-ring (bicyclic) bond motifs is 1. The summed E-state index contributed by atoms with van der Waals surface area (Å²) in [7, 11) is -3.26. The monoisotopic (exact) mass is 477 g/mol. The average Bonchev–Trinajstić information content (AvgIpc) is 3.19. The van der Waals surface area contributed by atoms with Crippen molar-refractivity contribution in [1.29, 1.82) is 0 Å². The first kappa shape index (κ1) is 21.4. The Morgan fingerprint density at radius 2 is 1.76 bits per heavy atom. The van der Waals surface area contributed by atoms with Gasteiger partial charge in [0.1, 0.15) is 0 Å². The molecule has 4 aromatic rings. The lowest BCUT2D eigenvalue weighted by Crippen LogP contribution is -2.25. The molecule has 0 spiro atoms. The number of benzene rings is 3. The Labute approximate surface area is 196 Å². The first-order valence-corrected chi connectivity index (χ1v) is 12.5. The van der Waals surface area contributed by atoms with Gasteiger partial charge in [0.2, 0.25) is 10.0 Å². The van der Waals surface area contributed by atoms with Crippen molar-refractivity contribution in [2.24, 2.45) is 0 Å². The van der Waals surface area contributed by atoms with E-state index >= 15 is 0 Å². The van der Waals surface area contributed by atoms with E-state index in [9.17, 15) is 13.2 Å². The first-order chi connectivity index (χ1) is 15.9. The number of nitrogens with zero attached hydrogens (tertiary/aromatic N) is 2. The summed E-state index contributed by atoms with van der Waals surface area (Å²) in [6.45, 7) is 0.463. The second-order valence-electron chi connectivity index (χ2n) is 7.83. The maximum absolute atomic E-state index is 12.8. The van der Waals surface area contributed by atoms with Gasteiger partial charge in [-0.25, -0.2) is 13.4 Å². The zero-order chi connectivity index (χ0) is 23.0. The summed E-state index contributed by atoms with van der Waals surface area (Å²) in [5, 5.41) is 4.45. The van der Waals surface area contributed by atoms with Crippen LogP contribution in [0.5, 0.6) is 0 Å². The molecule has 8 heteroatoms. The highest BCUT2D eigenvalue weighted by Crippen LogP contribution is 2.31. The molecule has 1 fully saturated rings. The van der Waals surface area contributed by atoms with Crippen molar-refractivity contribution in [3.63, 3.8) is 0 Å². The number of aromatic nitrogens is 1. The third-order valence-corrected chi connectivity index (χ3v) is 7.81. The Hall–Kier alpha value is -3.42. The molecule has 33 heavy (non-hydrogen) atoms. The number of para-hydroxylation sites is 1. The van der Waals surface area contributed by atoms with Crippen LogP contribution >= 0.6 is 11.6 Å². The van der Waals surface area contributed by atoms with Gasteiger partial charge in [-0.2, -0.15) is 0 Å². The van der Waals surface area contributed by atoms with Crippen LogP contribution in [0.4, 0.5) is 11.4 Å². The predicted molar refractivity (Wildman–Crippen MR) is 132 cm³/mol. The molecule has 1 saturated heterocycles. The van der Waals surface area contributed by atoms with Crippen molar-refractivity contribution in [1.82, 2.24) is 4.98 Å². The van der Waals surface area contributed by atoms with E-state index in [2.05, 4.69) is 5.32 Å². The van der Waals surface area contributed by atoms with Crippen LogP contribution in [-0.2, 0) is 10.0 Å². The molecule has 0 saturated carbocycles. The standard InChI is InChI=1S/C25H20ClN3O3S/c26-22-12-9-19(16-21(22)24-13-8-17-4-1-2-5-23(17)28-24)27-25(30)18-6-10-20(11-7-18)29-14-3-15-33(29,31)32/h1-2,4-13,16H,3,14-15H2,(H,27,30). The maximum Gasteiger partial charge on any atom is 0.255 e. The predicted octanol–water partition coefficient (Wildman–Crippen LogP) is 5.35. The second-order valence-corrected chi connectivity index (χ2v) is 10.2. The Bertz CT molecular complexity index is 1470. The van der Waals surface area contributed by atoms with Crippen LogP contribution in [0.1, 0.15) is 16.8 Å². The molecule has 0 atom stereocenters. The van der Waals surface area contributed by atoms with Gasteiger partial charge in [0, 0.05) is 28.7 Å². The van der Waals surface area contributed by atoms with Crippen LogP contribution in [0, 0.1) is 0 Å². The maximum atomic E-state index is 12.8. The number of hydrogen-bond acceptors (Lipinski definition) is 4. The van der Waals surface area contributed by atoms with Gasteiger partial charge < -0.3 is 5.32 Å². The Morgan fingerprint density at radius 1 is 0.970 bits per heavy atom. The van der Waals surface area contributed by atoms with Crippen LogP contribution < -0.4 is 9.62 Å². The average molecular weight is 478 g/mol. The topological polar surface area (TPSA) is 79.4 Å². The molecular weight excluding hydrogens is 458 g/mol. The number of anilines is 2. The highest BCUT2D eigenvalue weighted by molar-refractivity contribution is 7.93. The van der Waals surface area contributed by atoms with Crippen molar-refractivity contribution in [2.75, 3.05) is 21.9 Å². The van der Waals surface area contributed by atoms with E-state index in [1.54, 1.807) is 42.5 Å². The molecule has 0 aliphatic carbocycles. The van der Waals surface area contributed by atoms with Gasteiger partial charge >= 0.3 is 0 Å². The van der Waals surface area contributed by atoms with Gasteiger partial charge in [0.15, 0.2) is 0 Å². The van der Waals surface area contributed by atoms with Crippen LogP contribution in [0.2, 0.25) is 5.02 Å². The summed E-state index contributed by atoms with van der Waals surface area (Å²) < 4.78 is 25.6. The van der Waals surface area contributed by atoms with E-state index in [1.807, 2.05) is 36.4 Å². The number of halogens is 1. The molecule has 1 amide bonds. The summed E-state index contributed by atoms with van der Waals surface area (Å²) in [6, 6.07) is 23.5. The summed E-state index contributed by atoms with van der Waals surface area (Å²) in [5.41, 5.74) is 3.87. The first-order valence-electron chi connectivity index (χ1n) is 10.5. The van der Waals surface area contributed by atoms with Crippen molar-refractivity contribution < 1.29 is 13.2 Å². The minimum atomic E-state index is -3.26. The smallest absolute Gasteiger partial charge is 0.255 e. The van der Waals surface area contributed by atoms with Gasteiger partial charge in [-0.05, 0) is 61.0 Å². The zero-order valence-corrected chi connectivity index (χ0v) is 19.1. The third kappa shape index (κ3) is 4.29. The molecule has 1 aliphatic rings. The Morgan fingerprint density at radius 3 is 2.52 bits per heavy atom. The number of carbonyl (C=O) groups is 1. The summed E-state index contributed by atoms with van der Waals surface area (Å²) >= 11 is 6.43. The minimum Gasteiger partial charge on any atom is -0.322 e. The second kappa shape index (κ2) is 8.50. The molecule has 1 aromatic heterocycles. The molecule has 1 aliphatic heterocycles. The summed E-state index contributed by atoms with van der Waals surface area (Å²) in [4.78, 5) is 17.5. The lowest BCUT2D eigenvalue weighted by Gasteiger charge is -2.17. The minimum absolute atomic E-state index is 0.153. The molecule has 6 nitrogen and oxygen atoms in total. The molecule has 5 rings (SSSR count). The normalized spacial score (nSPS) is 15.0. The highest BCUT2D eigenvalue weighted by Gasteiger charge is 2.28. The third-order valence-electron chi connectivity index (χ3n) is 5.62. The zero-order valence-electron chi connectivity index (χ0n) is 17.5. The van der Waals surface area contributed by atoms with E-state index in [4.69, 9.17) is 16.6 Å². The summed E-state index contributed by atoms with van der Waals surface area (Å²) in [6.07, 6.45) is 0.607. The van der Waals surface area contributed by atoms with Gasteiger partial charge in [-0.1, -0.05) is 35.9 Å². The van der Waals surface area contributed by atoms with Gasteiger partial charge in [-0.15, -0.1) is 0 Å². The van der Waals surface area contributed by atoms with Crippen LogP contribution in [-0.4, -0.2) is 31.6 Å².